The molecule has 2 aromatic heterocycles. The summed E-state index contributed by atoms with van der Waals surface area (Å²) in [6.07, 6.45) is 1.39. The minimum absolute atomic E-state index is 0.162. The van der Waals surface area contributed by atoms with Crippen molar-refractivity contribution in [1.29, 1.82) is 0 Å². The van der Waals surface area contributed by atoms with Gasteiger partial charge in [0.05, 0.1) is 19.7 Å². The molecule has 26 heavy (non-hydrogen) atoms. The molecule has 0 radical (unpaired) electrons. The number of fused-ring (bicyclic) bond motifs is 1. The number of methoxy groups -OCH3 is 2. The molecule has 2 heterocycles. The minimum atomic E-state index is -0.583. The van der Waals surface area contributed by atoms with Crippen LogP contribution in [0.4, 0.5) is 0 Å². The topological polar surface area (TPSA) is 79.7 Å². The average Bonchev–Trinajstić information content (AvgIpc) is 2.68. The van der Waals surface area contributed by atoms with Gasteiger partial charge >= 0.3 is 5.97 Å². The van der Waals surface area contributed by atoms with Gasteiger partial charge in [0.25, 0.3) is 5.56 Å². The largest absolute Gasteiger partial charge is 0.497 e. The maximum absolute atomic E-state index is 12.1. The van der Waals surface area contributed by atoms with Crippen LogP contribution in [0.15, 0.2) is 47.4 Å². The summed E-state index contributed by atoms with van der Waals surface area (Å²) in [5, 5.41) is 0. The first-order chi connectivity index (χ1) is 12.5. The van der Waals surface area contributed by atoms with Crippen LogP contribution in [0.3, 0.4) is 0 Å². The van der Waals surface area contributed by atoms with Gasteiger partial charge in [0.15, 0.2) is 5.75 Å². The van der Waals surface area contributed by atoms with Crippen LogP contribution in [-0.4, -0.2) is 29.7 Å². The minimum Gasteiger partial charge on any atom is -0.497 e. The van der Waals surface area contributed by atoms with E-state index < -0.39 is 5.97 Å². The SMILES string of the molecule is COC(=O)c1cnc2ccc(=O)n(C)c2c1OCc1ccc(OC)cc1. The van der Waals surface area contributed by atoms with Crippen molar-refractivity contribution >= 4 is 17.0 Å². The van der Waals surface area contributed by atoms with E-state index in [1.807, 2.05) is 24.3 Å². The zero-order chi connectivity index (χ0) is 18.7. The van der Waals surface area contributed by atoms with E-state index in [-0.39, 0.29) is 23.5 Å². The molecule has 1 aromatic carbocycles. The number of esters is 1. The molecule has 7 nitrogen and oxygen atoms in total. The fraction of sp³-hybridized carbons (Fsp3) is 0.211. The Morgan fingerprint density at radius 2 is 1.85 bits per heavy atom. The zero-order valence-electron chi connectivity index (χ0n) is 14.7. The Kier molecular flexibility index (Phi) is 4.88. The Hall–Kier alpha value is -3.35. The Morgan fingerprint density at radius 3 is 2.50 bits per heavy atom. The van der Waals surface area contributed by atoms with Gasteiger partial charge < -0.3 is 18.8 Å². The highest BCUT2D eigenvalue weighted by Crippen LogP contribution is 2.28. The van der Waals surface area contributed by atoms with Crippen molar-refractivity contribution in [2.45, 2.75) is 6.61 Å². The third-order valence-corrected chi connectivity index (χ3v) is 4.03. The van der Waals surface area contributed by atoms with Gasteiger partial charge in [0, 0.05) is 19.3 Å². The number of hydrogen-bond donors (Lipinski definition) is 0. The molecule has 0 amide bonds. The fourth-order valence-electron chi connectivity index (χ4n) is 2.59. The molecule has 0 spiro atoms. The van der Waals surface area contributed by atoms with Crippen molar-refractivity contribution in [3.05, 3.63) is 64.1 Å². The Morgan fingerprint density at radius 1 is 1.12 bits per heavy atom. The molecule has 3 rings (SSSR count). The first-order valence-electron chi connectivity index (χ1n) is 7.88. The molecular weight excluding hydrogens is 336 g/mol. The third-order valence-electron chi connectivity index (χ3n) is 4.03. The van der Waals surface area contributed by atoms with Crippen LogP contribution in [0.5, 0.6) is 11.5 Å². The van der Waals surface area contributed by atoms with Crippen molar-refractivity contribution in [2.75, 3.05) is 14.2 Å². The van der Waals surface area contributed by atoms with E-state index in [1.165, 1.54) is 23.9 Å². The number of aryl methyl sites for hydroxylation is 1. The van der Waals surface area contributed by atoms with Crippen LogP contribution in [0.25, 0.3) is 11.0 Å². The summed E-state index contributed by atoms with van der Waals surface area (Å²) in [6.45, 7) is 0.205. The van der Waals surface area contributed by atoms with Crippen LogP contribution in [0, 0.1) is 0 Å². The number of ether oxygens (including phenoxy) is 3. The van der Waals surface area contributed by atoms with E-state index >= 15 is 0 Å². The van der Waals surface area contributed by atoms with E-state index in [2.05, 4.69) is 4.98 Å². The van der Waals surface area contributed by atoms with E-state index in [4.69, 9.17) is 14.2 Å². The van der Waals surface area contributed by atoms with Crippen LogP contribution in [0.2, 0.25) is 0 Å². The molecule has 0 N–H and O–H groups in total. The van der Waals surface area contributed by atoms with Crippen LogP contribution in [-0.2, 0) is 18.4 Å². The summed E-state index contributed by atoms with van der Waals surface area (Å²) in [5.74, 6) is 0.416. The summed E-state index contributed by atoms with van der Waals surface area (Å²) in [5.41, 5.74) is 1.80. The lowest BCUT2D eigenvalue weighted by Gasteiger charge is -2.15. The summed E-state index contributed by atoms with van der Waals surface area (Å²) in [7, 11) is 4.48. The second-order valence-electron chi connectivity index (χ2n) is 5.59. The summed E-state index contributed by atoms with van der Waals surface area (Å²) in [4.78, 5) is 28.4. The maximum atomic E-state index is 12.1. The van der Waals surface area contributed by atoms with Gasteiger partial charge in [-0.3, -0.25) is 9.78 Å². The number of hydrogen-bond acceptors (Lipinski definition) is 6. The number of aromatic nitrogens is 2. The summed E-state index contributed by atoms with van der Waals surface area (Å²) in [6, 6.07) is 10.4. The molecular formula is C19H18N2O5. The molecule has 7 heteroatoms. The van der Waals surface area contributed by atoms with Gasteiger partial charge in [0.2, 0.25) is 0 Å². The van der Waals surface area contributed by atoms with E-state index in [0.29, 0.717) is 11.0 Å². The maximum Gasteiger partial charge on any atom is 0.343 e. The first-order valence-corrected chi connectivity index (χ1v) is 7.88. The van der Waals surface area contributed by atoms with E-state index in [0.717, 1.165) is 11.3 Å². The lowest BCUT2D eigenvalue weighted by molar-refractivity contribution is 0.0595. The van der Waals surface area contributed by atoms with Crippen molar-refractivity contribution < 1.29 is 19.0 Å². The second-order valence-corrected chi connectivity index (χ2v) is 5.59. The molecule has 0 aliphatic rings. The molecule has 0 aliphatic heterocycles. The number of pyridine rings is 2. The van der Waals surface area contributed by atoms with Crippen LogP contribution in [0.1, 0.15) is 15.9 Å². The predicted octanol–water partition coefficient (Wildman–Crippen LogP) is 2.31. The van der Waals surface area contributed by atoms with Gasteiger partial charge in [-0.25, -0.2) is 4.79 Å². The monoisotopic (exact) mass is 354 g/mol. The van der Waals surface area contributed by atoms with Crippen LogP contribution < -0.4 is 15.0 Å². The van der Waals surface area contributed by atoms with Gasteiger partial charge in [-0.1, -0.05) is 12.1 Å². The number of carbonyl (C=O) groups is 1. The van der Waals surface area contributed by atoms with Crippen molar-refractivity contribution in [3.8, 4) is 11.5 Å². The average molecular weight is 354 g/mol. The number of benzene rings is 1. The molecule has 0 bridgehead atoms. The third kappa shape index (κ3) is 3.23. The highest BCUT2D eigenvalue weighted by Gasteiger charge is 2.19. The highest BCUT2D eigenvalue weighted by molar-refractivity contribution is 5.98. The van der Waals surface area contributed by atoms with Gasteiger partial charge in [0.1, 0.15) is 23.4 Å². The lowest BCUT2D eigenvalue weighted by atomic mass is 10.2. The standard InChI is InChI=1S/C19H18N2O5/c1-21-16(22)9-8-15-17(21)18(14(10-20-15)19(23)25-3)26-11-12-4-6-13(24-2)7-5-12/h4-10H,11H2,1-3H3. The normalized spacial score (nSPS) is 10.6. The number of carbonyl (C=O) groups excluding carboxylic acids is 1. The summed E-state index contributed by atoms with van der Waals surface area (Å²) >= 11 is 0. The van der Waals surface area contributed by atoms with E-state index in [9.17, 15) is 9.59 Å². The Bertz CT molecular complexity index is 1010. The molecule has 0 saturated carbocycles. The van der Waals surface area contributed by atoms with Gasteiger partial charge in [-0.15, -0.1) is 0 Å². The number of nitrogens with zero attached hydrogens (tertiary/aromatic N) is 2. The van der Waals surface area contributed by atoms with Gasteiger partial charge in [-0.05, 0) is 23.8 Å². The van der Waals surface area contributed by atoms with Crippen LogP contribution >= 0.6 is 0 Å². The lowest BCUT2D eigenvalue weighted by Crippen LogP contribution is -2.18. The molecule has 0 atom stereocenters. The first kappa shape index (κ1) is 17.5. The van der Waals surface area contributed by atoms with Crippen molar-refractivity contribution in [1.82, 2.24) is 9.55 Å². The van der Waals surface area contributed by atoms with Gasteiger partial charge in [-0.2, -0.15) is 0 Å². The molecule has 0 unspecified atom stereocenters. The highest BCUT2D eigenvalue weighted by atomic mass is 16.5. The van der Waals surface area contributed by atoms with Crippen molar-refractivity contribution in [2.24, 2.45) is 7.05 Å². The molecule has 134 valence electrons. The Labute approximate surface area is 149 Å². The molecule has 3 aromatic rings. The second kappa shape index (κ2) is 7.26. The van der Waals surface area contributed by atoms with Crippen molar-refractivity contribution in [3.63, 3.8) is 0 Å². The molecule has 0 saturated heterocycles. The molecule has 0 fully saturated rings. The zero-order valence-corrected chi connectivity index (χ0v) is 14.7. The number of rotatable bonds is 5. The van der Waals surface area contributed by atoms with E-state index in [1.54, 1.807) is 20.2 Å². The predicted molar refractivity (Wildman–Crippen MR) is 95.6 cm³/mol. The fourth-order valence-corrected chi connectivity index (χ4v) is 2.59. The smallest absolute Gasteiger partial charge is 0.343 e. The molecule has 0 aliphatic carbocycles. The Balaban J connectivity index is 2.07. The quantitative estimate of drug-likeness (QED) is 0.654. The summed E-state index contributed by atoms with van der Waals surface area (Å²) < 4.78 is 17.3.